The minimum atomic E-state index is 0.154. The number of likely N-dealkylation sites (tertiary alicyclic amines) is 1. The topological polar surface area (TPSA) is 48.1 Å². The van der Waals surface area contributed by atoms with Crippen molar-refractivity contribution in [1.29, 1.82) is 0 Å². The average Bonchev–Trinajstić information content (AvgIpc) is 3.00. The molecule has 0 radical (unpaired) electrons. The summed E-state index contributed by atoms with van der Waals surface area (Å²) in [6.07, 6.45) is 5.41. The summed E-state index contributed by atoms with van der Waals surface area (Å²) in [4.78, 5) is 17.3. The van der Waals surface area contributed by atoms with Crippen molar-refractivity contribution < 1.29 is 4.79 Å². The van der Waals surface area contributed by atoms with Crippen LogP contribution in [0.4, 0.5) is 0 Å². The van der Waals surface area contributed by atoms with Gasteiger partial charge in [-0.1, -0.05) is 0 Å². The van der Waals surface area contributed by atoms with Crippen molar-refractivity contribution in [3.05, 3.63) is 24.0 Å². The Morgan fingerprint density at radius 2 is 2.35 bits per heavy atom. The maximum atomic E-state index is 12.3. The summed E-state index contributed by atoms with van der Waals surface area (Å²) in [5.41, 5.74) is 1.06. The Hall–Kier alpha value is -1.29. The first-order chi connectivity index (χ1) is 8.29. The fourth-order valence-corrected chi connectivity index (χ4v) is 3.16. The lowest BCUT2D eigenvalue weighted by Gasteiger charge is -2.39. The number of amides is 1. The number of carbonyl (C=O) groups is 1. The summed E-state index contributed by atoms with van der Waals surface area (Å²) in [6, 6.07) is 3.74. The molecule has 3 rings (SSSR count). The van der Waals surface area contributed by atoms with Crippen LogP contribution in [-0.2, 0) is 0 Å². The molecular weight excluding hydrogens is 214 g/mol. The number of H-pyrrole nitrogens is 1. The van der Waals surface area contributed by atoms with Crippen LogP contribution < -0.4 is 5.32 Å². The molecule has 2 aliphatic heterocycles. The van der Waals surface area contributed by atoms with E-state index in [1.807, 2.05) is 23.2 Å². The Balaban J connectivity index is 1.73. The van der Waals surface area contributed by atoms with Crippen LogP contribution in [0.2, 0.25) is 0 Å². The lowest BCUT2D eigenvalue weighted by molar-refractivity contribution is 0.0548. The predicted molar refractivity (Wildman–Crippen MR) is 65.8 cm³/mol. The van der Waals surface area contributed by atoms with E-state index in [2.05, 4.69) is 10.3 Å². The van der Waals surface area contributed by atoms with Crippen LogP contribution in [0.25, 0.3) is 0 Å². The Kier molecular flexibility index (Phi) is 2.67. The first-order valence-electron chi connectivity index (χ1n) is 6.43. The second-order valence-electron chi connectivity index (χ2n) is 5.34. The number of nitrogens with zero attached hydrogens (tertiary/aromatic N) is 1. The van der Waals surface area contributed by atoms with Gasteiger partial charge in [-0.3, -0.25) is 4.79 Å². The van der Waals surface area contributed by atoms with Crippen LogP contribution >= 0.6 is 0 Å². The van der Waals surface area contributed by atoms with E-state index in [1.54, 1.807) is 0 Å². The van der Waals surface area contributed by atoms with Gasteiger partial charge >= 0.3 is 0 Å². The zero-order chi connectivity index (χ0) is 11.7. The van der Waals surface area contributed by atoms with E-state index in [1.165, 1.54) is 12.8 Å². The van der Waals surface area contributed by atoms with Crippen molar-refractivity contribution in [3.63, 3.8) is 0 Å². The van der Waals surface area contributed by atoms with Gasteiger partial charge in [-0.2, -0.15) is 0 Å². The summed E-state index contributed by atoms with van der Waals surface area (Å²) < 4.78 is 0. The van der Waals surface area contributed by atoms with Gasteiger partial charge in [0.15, 0.2) is 0 Å². The van der Waals surface area contributed by atoms with Gasteiger partial charge in [-0.15, -0.1) is 0 Å². The third-order valence-electron chi connectivity index (χ3n) is 4.11. The van der Waals surface area contributed by atoms with Crippen LogP contribution in [0, 0.1) is 5.41 Å². The molecule has 2 saturated heterocycles. The molecule has 1 atom stereocenters. The van der Waals surface area contributed by atoms with Gasteiger partial charge in [0.05, 0.1) is 0 Å². The van der Waals surface area contributed by atoms with Crippen LogP contribution in [-0.4, -0.2) is 42.0 Å². The van der Waals surface area contributed by atoms with E-state index >= 15 is 0 Å². The number of piperidine rings is 1. The van der Waals surface area contributed by atoms with Crippen LogP contribution in [0.3, 0.4) is 0 Å². The standard InChI is InChI=1S/C13H19N3O/c17-12(11-3-1-6-15-11)16-8-2-4-13(10-16)5-7-14-9-13/h1,3,6,14-15H,2,4-5,7-10H2. The molecular formula is C13H19N3O. The highest BCUT2D eigenvalue weighted by Crippen LogP contribution is 2.35. The summed E-state index contributed by atoms with van der Waals surface area (Å²) >= 11 is 0. The monoisotopic (exact) mass is 233 g/mol. The molecule has 17 heavy (non-hydrogen) atoms. The molecule has 0 bridgehead atoms. The van der Waals surface area contributed by atoms with Crippen molar-refractivity contribution in [2.24, 2.45) is 5.41 Å². The van der Waals surface area contributed by atoms with Gasteiger partial charge in [0.25, 0.3) is 5.91 Å². The quantitative estimate of drug-likeness (QED) is 0.766. The highest BCUT2D eigenvalue weighted by molar-refractivity contribution is 5.92. The van der Waals surface area contributed by atoms with E-state index in [9.17, 15) is 4.79 Å². The van der Waals surface area contributed by atoms with Crippen LogP contribution in [0.1, 0.15) is 29.8 Å². The normalized spacial score (nSPS) is 28.8. The Bertz CT molecular complexity index is 393. The third-order valence-corrected chi connectivity index (χ3v) is 4.11. The molecule has 1 unspecified atom stereocenters. The molecule has 0 aromatic carbocycles. The SMILES string of the molecule is O=C(c1ccc[nH]1)N1CCCC2(CCNC2)C1. The Morgan fingerprint density at radius 3 is 3.06 bits per heavy atom. The second kappa shape index (κ2) is 4.18. The lowest BCUT2D eigenvalue weighted by atomic mass is 9.79. The molecule has 2 fully saturated rings. The van der Waals surface area contributed by atoms with Crippen molar-refractivity contribution in [2.75, 3.05) is 26.2 Å². The van der Waals surface area contributed by atoms with Gasteiger partial charge in [0.1, 0.15) is 5.69 Å². The fourth-order valence-electron chi connectivity index (χ4n) is 3.16. The maximum absolute atomic E-state index is 12.3. The number of nitrogens with one attached hydrogen (secondary N) is 2. The molecule has 4 nitrogen and oxygen atoms in total. The van der Waals surface area contributed by atoms with Crippen LogP contribution in [0.5, 0.6) is 0 Å². The number of aromatic nitrogens is 1. The summed E-state index contributed by atoms with van der Waals surface area (Å²) in [7, 11) is 0. The number of rotatable bonds is 1. The smallest absolute Gasteiger partial charge is 0.270 e. The molecule has 0 aliphatic carbocycles. The highest BCUT2D eigenvalue weighted by Gasteiger charge is 2.39. The Morgan fingerprint density at radius 1 is 1.41 bits per heavy atom. The van der Waals surface area contributed by atoms with E-state index in [0.29, 0.717) is 11.1 Å². The fraction of sp³-hybridized carbons (Fsp3) is 0.615. The number of hydrogen-bond acceptors (Lipinski definition) is 2. The molecule has 1 amide bonds. The van der Waals surface area contributed by atoms with Crippen molar-refractivity contribution in [3.8, 4) is 0 Å². The molecule has 2 aliphatic rings. The van der Waals surface area contributed by atoms with Gasteiger partial charge in [0, 0.05) is 31.2 Å². The zero-order valence-corrected chi connectivity index (χ0v) is 10.0. The van der Waals surface area contributed by atoms with E-state index in [-0.39, 0.29) is 5.91 Å². The van der Waals surface area contributed by atoms with Crippen molar-refractivity contribution in [1.82, 2.24) is 15.2 Å². The van der Waals surface area contributed by atoms with E-state index < -0.39 is 0 Å². The van der Waals surface area contributed by atoms with Gasteiger partial charge in [0.2, 0.25) is 0 Å². The minimum Gasteiger partial charge on any atom is -0.357 e. The summed E-state index contributed by atoms with van der Waals surface area (Å²) in [5, 5.41) is 3.43. The molecule has 1 spiro atoms. The summed E-state index contributed by atoms with van der Waals surface area (Å²) in [5.74, 6) is 0.154. The molecule has 1 aromatic heterocycles. The molecule has 2 N–H and O–H groups in total. The highest BCUT2D eigenvalue weighted by atomic mass is 16.2. The minimum absolute atomic E-state index is 0.154. The van der Waals surface area contributed by atoms with Crippen LogP contribution in [0.15, 0.2) is 18.3 Å². The first-order valence-corrected chi connectivity index (χ1v) is 6.43. The summed E-state index contributed by atoms with van der Waals surface area (Å²) in [6.45, 7) is 3.99. The Labute approximate surface area is 101 Å². The average molecular weight is 233 g/mol. The van der Waals surface area contributed by atoms with E-state index in [0.717, 1.165) is 32.6 Å². The van der Waals surface area contributed by atoms with Crippen molar-refractivity contribution in [2.45, 2.75) is 19.3 Å². The van der Waals surface area contributed by atoms with Gasteiger partial charge in [-0.25, -0.2) is 0 Å². The maximum Gasteiger partial charge on any atom is 0.270 e. The molecule has 3 heterocycles. The zero-order valence-electron chi connectivity index (χ0n) is 10.0. The van der Waals surface area contributed by atoms with Gasteiger partial charge < -0.3 is 15.2 Å². The first kappa shape index (κ1) is 10.8. The third kappa shape index (κ3) is 1.97. The molecule has 1 aromatic rings. The molecule has 0 saturated carbocycles. The second-order valence-corrected chi connectivity index (χ2v) is 5.34. The number of hydrogen-bond donors (Lipinski definition) is 2. The van der Waals surface area contributed by atoms with E-state index in [4.69, 9.17) is 0 Å². The molecule has 4 heteroatoms. The lowest BCUT2D eigenvalue weighted by Crippen LogP contribution is -2.47. The van der Waals surface area contributed by atoms with Crippen molar-refractivity contribution >= 4 is 5.91 Å². The number of aromatic amines is 1. The number of carbonyl (C=O) groups excluding carboxylic acids is 1. The molecule has 92 valence electrons. The van der Waals surface area contributed by atoms with Gasteiger partial charge in [-0.05, 0) is 37.9 Å². The predicted octanol–water partition coefficient (Wildman–Crippen LogP) is 1.23. The largest absolute Gasteiger partial charge is 0.357 e.